The van der Waals surface area contributed by atoms with Crippen LogP contribution in [0.2, 0.25) is 0 Å². The topological polar surface area (TPSA) is 189 Å². The maximum absolute atomic E-state index is 15.4. The van der Waals surface area contributed by atoms with E-state index >= 15 is 8.78 Å². The highest BCUT2D eigenvalue weighted by Gasteiger charge is 2.38. The standard InChI is InChI=1S/C33H26F2N6O8S/c1-39-25-13-17(3-7-23(25)41(33(39)47)24-8-9-27(43)37-32(24)46)20-5-2-16(10-22(20)34)11-28(44)36-19-4-6-21-18(12-19)14-26(42)31(30(21)35)40-15-29(45)38-50(40,48)49/h2-7,10,12-14,24,42H,8-9,11,15H2,1H3,(H,36,44)(H,38,45)(H,37,43,46). The zero-order valence-electron chi connectivity index (χ0n) is 26.0. The lowest BCUT2D eigenvalue weighted by Gasteiger charge is -2.21. The van der Waals surface area contributed by atoms with Gasteiger partial charge in [-0.1, -0.05) is 18.2 Å². The van der Waals surface area contributed by atoms with Crippen LogP contribution in [-0.2, 0) is 42.9 Å². The lowest BCUT2D eigenvalue weighted by molar-refractivity contribution is -0.135. The SMILES string of the molecule is Cn1c(=O)n(C2CCC(=O)NC2=O)c2ccc(-c3ccc(CC(=O)Nc4ccc5c(F)c(N6CC(=O)NS6(=O)=O)c(O)cc5c4)cc3F)cc21. The van der Waals surface area contributed by atoms with Gasteiger partial charge in [0.05, 0.1) is 17.5 Å². The van der Waals surface area contributed by atoms with Gasteiger partial charge in [-0.3, -0.25) is 33.6 Å². The van der Waals surface area contributed by atoms with E-state index in [2.05, 4.69) is 10.6 Å². The lowest BCUT2D eigenvalue weighted by Crippen LogP contribution is -2.44. The summed E-state index contributed by atoms with van der Waals surface area (Å²) in [6, 6.07) is 13.4. The van der Waals surface area contributed by atoms with Gasteiger partial charge in [-0.2, -0.15) is 8.42 Å². The van der Waals surface area contributed by atoms with Crippen molar-refractivity contribution in [3.8, 4) is 16.9 Å². The molecule has 3 heterocycles. The van der Waals surface area contributed by atoms with Crippen molar-refractivity contribution in [2.75, 3.05) is 16.2 Å². The Labute approximate surface area is 281 Å². The van der Waals surface area contributed by atoms with Gasteiger partial charge in [-0.25, -0.2) is 22.6 Å². The first kappa shape index (κ1) is 32.4. The Morgan fingerprint density at radius 3 is 2.46 bits per heavy atom. The average molecular weight is 705 g/mol. The number of amides is 4. The number of hydrogen-bond acceptors (Lipinski definition) is 8. The fourth-order valence-corrected chi connectivity index (χ4v) is 7.52. The Morgan fingerprint density at radius 1 is 0.980 bits per heavy atom. The Hall–Kier alpha value is -6.10. The van der Waals surface area contributed by atoms with Crippen molar-refractivity contribution in [2.45, 2.75) is 25.3 Å². The zero-order valence-corrected chi connectivity index (χ0v) is 26.8. The van der Waals surface area contributed by atoms with Crippen LogP contribution in [-0.4, -0.2) is 52.8 Å². The number of hydrogen-bond donors (Lipinski definition) is 4. The van der Waals surface area contributed by atoms with E-state index in [9.17, 15) is 37.5 Å². The number of rotatable bonds is 6. The van der Waals surface area contributed by atoms with Crippen LogP contribution in [0.4, 0.5) is 20.2 Å². The predicted molar refractivity (Wildman–Crippen MR) is 176 cm³/mol. The fourth-order valence-electron chi connectivity index (χ4n) is 6.35. The summed E-state index contributed by atoms with van der Waals surface area (Å²) in [5.74, 6) is -4.83. The first-order chi connectivity index (χ1) is 23.7. The van der Waals surface area contributed by atoms with Crippen LogP contribution < -0.4 is 25.4 Å². The molecule has 0 aliphatic carbocycles. The van der Waals surface area contributed by atoms with E-state index < -0.39 is 75.2 Å². The molecule has 17 heteroatoms. The van der Waals surface area contributed by atoms with Crippen LogP contribution in [0.25, 0.3) is 32.9 Å². The van der Waals surface area contributed by atoms with Crippen molar-refractivity contribution in [3.05, 3.63) is 88.3 Å². The number of halogens is 2. The molecular formula is C33H26F2N6O8S. The summed E-state index contributed by atoms with van der Waals surface area (Å²) in [4.78, 5) is 61.7. The molecular weight excluding hydrogens is 678 g/mol. The van der Waals surface area contributed by atoms with Gasteiger partial charge < -0.3 is 10.4 Å². The van der Waals surface area contributed by atoms with Gasteiger partial charge >= 0.3 is 15.9 Å². The highest BCUT2D eigenvalue weighted by molar-refractivity contribution is 7.92. The number of nitrogens with zero attached hydrogens (tertiary/aromatic N) is 3. The minimum absolute atomic E-state index is 0.0752. The molecule has 1 atom stereocenters. The minimum Gasteiger partial charge on any atom is -0.506 e. The molecule has 4 aromatic carbocycles. The summed E-state index contributed by atoms with van der Waals surface area (Å²) >= 11 is 0. The van der Waals surface area contributed by atoms with Gasteiger partial charge in [0.2, 0.25) is 17.7 Å². The second-order valence-electron chi connectivity index (χ2n) is 12.0. The molecule has 2 fully saturated rings. The summed E-state index contributed by atoms with van der Waals surface area (Å²) in [5, 5.41) is 15.4. The van der Waals surface area contributed by atoms with E-state index in [0.717, 1.165) is 6.07 Å². The van der Waals surface area contributed by atoms with Gasteiger partial charge in [0.15, 0.2) is 5.82 Å². The maximum Gasteiger partial charge on any atom is 0.329 e. The monoisotopic (exact) mass is 704 g/mol. The third-order valence-corrected chi connectivity index (χ3v) is 10.1. The van der Waals surface area contributed by atoms with Crippen molar-refractivity contribution >= 4 is 67.0 Å². The number of aryl methyl sites for hydroxylation is 1. The summed E-state index contributed by atoms with van der Waals surface area (Å²) in [5.41, 5.74) is 0.965. The minimum atomic E-state index is -4.38. The molecule has 1 aromatic heterocycles. The van der Waals surface area contributed by atoms with Crippen LogP contribution in [0.1, 0.15) is 24.4 Å². The van der Waals surface area contributed by atoms with Gasteiger partial charge in [0, 0.05) is 30.1 Å². The largest absolute Gasteiger partial charge is 0.506 e. The number of benzene rings is 4. The summed E-state index contributed by atoms with van der Waals surface area (Å²) in [6.07, 6.45) is 0.0383. The van der Waals surface area contributed by atoms with Crippen molar-refractivity contribution < 1.29 is 41.5 Å². The first-order valence-electron chi connectivity index (χ1n) is 15.1. The second kappa shape index (κ2) is 11.8. The maximum atomic E-state index is 15.4. The third kappa shape index (κ3) is 5.50. The summed E-state index contributed by atoms with van der Waals surface area (Å²) < 4.78 is 60.0. The van der Waals surface area contributed by atoms with E-state index in [0.29, 0.717) is 26.5 Å². The normalized spacial score (nSPS) is 17.3. The summed E-state index contributed by atoms with van der Waals surface area (Å²) in [7, 11) is -2.85. The van der Waals surface area contributed by atoms with Crippen LogP contribution in [0, 0.1) is 11.6 Å². The van der Waals surface area contributed by atoms with Crippen LogP contribution in [0.3, 0.4) is 0 Å². The number of nitrogens with one attached hydrogen (secondary N) is 3. The predicted octanol–water partition coefficient (Wildman–Crippen LogP) is 2.48. The van der Waals surface area contributed by atoms with Crippen LogP contribution >= 0.6 is 0 Å². The molecule has 2 saturated heterocycles. The first-order valence-corrected chi connectivity index (χ1v) is 16.6. The number of phenols is 1. The number of fused-ring (bicyclic) bond motifs is 2. The molecule has 0 bridgehead atoms. The van der Waals surface area contributed by atoms with Crippen LogP contribution in [0.5, 0.6) is 5.75 Å². The molecule has 4 amide bonds. The summed E-state index contributed by atoms with van der Waals surface area (Å²) in [6.45, 7) is -0.703. The molecule has 5 aromatic rings. The molecule has 2 aliphatic heterocycles. The lowest BCUT2D eigenvalue weighted by atomic mass is 10.0. The van der Waals surface area contributed by atoms with E-state index in [1.54, 1.807) is 29.0 Å². The zero-order chi connectivity index (χ0) is 35.6. The average Bonchev–Trinajstić information content (AvgIpc) is 3.45. The number of carbonyl (C=O) groups excluding carboxylic acids is 4. The van der Waals surface area contributed by atoms with E-state index in [-0.39, 0.29) is 41.3 Å². The Bertz CT molecular complexity index is 2510. The van der Waals surface area contributed by atoms with Crippen molar-refractivity contribution in [1.82, 2.24) is 19.2 Å². The third-order valence-electron chi connectivity index (χ3n) is 8.70. The Morgan fingerprint density at radius 2 is 1.76 bits per heavy atom. The number of piperidine rings is 1. The van der Waals surface area contributed by atoms with Crippen molar-refractivity contribution in [2.24, 2.45) is 7.05 Å². The number of phenolic OH excluding ortho intramolecular Hbond substituents is 1. The number of aromatic hydroxyl groups is 1. The molecule has 7 rings (SSSR count). The molecule has 2 aliphatic rings. The number of imide groups is 1. The molecule has 14 nitrogen and oxygen atoms in total. The van der Waals surface area contributed by atoms with Gasteiger partial charge in [-0.05, 0) is 65.4 Å². The van der Waals surface area contributed by atoms with E-state index in [4.69, 9.17) is 0 Å². The van der Waals surface area contributed by atoms with E-state index in [1.807, 2.05) is 0 Å². The van der Waals surface area contributed by atoms with Gasteiger partial charge in [-0.15, -0.1) is 0 Å². The Balaban J connectivity index is 1.09. The van der Waals surface area contributed by atoms with Gasteiger partial charge in [0.25, 0.3) is 5.91 Å². The molecule has 4 N–H and O–H groups in total. The quantitative estimate of drug-likeness (QED) is 0.194. The molecule has 0 spiro atoms. The van der Waals surface area contributed by atoms with Gasteiger partial charge in [0.1, 0.15) is 29.8 Å². The smallest absolute Gasteiger partial charge is 0.329 e. The van der Waals surface area contributed by atoms with Crippen molar-refractivity contribution in [3.63, 3.8) is 0 Å². The molecule has 256 valence electrons. The number of anilines is 2. The van der Waals surface area contributed by atoms with E-state index in [1.165, 1.54) is 46.5 Å². The highest BCUT2D eigenvalue weighted by Crippen LogP contribution is 2.39. The van der Waals surface area contributed by atoms with Crippen molar-refractivity contribution in [1.29, 1.82) is 0 Å². The number of imidazole rings is 1. The number of carbonyl (C=O) groups is 4. The number of aromatic nitrogens is 2. The Kier molecular flexibility index (Phi) is 7.66. The van der Waals surface area contributed by atoms with Crippen LogP contribution in [0.15, 0.2) is 65.5 Å². The molecule has 1 unspecified atom stereocenters. The molecule has 0 saturated carbocycles. The molecule has 0 radical (unpaired) electrons. The fraction of sp³-hybridized carbons (Fsp3) is 0.182. The second-order valence-corrected chi connectivity index (χ2v) is 13.5. The highest BCUT2D eigenvalue weighted by atomic mass is 32.2. The molecule has 50 heavy (non-hydrogen) atoms.